The first-order valence-electron chi connectivity index (χ1n) is 8.41. The first-order chi connectivity index (χ1) is 13.3. The number of rotatable bonds is 4. The van der Waals surface area contributed by atoms with Gasteiger partial charge in [-0.3, -0.25) is 9.59 Å². The fourth-order valence-corrected chi connectivity index (χ4v) is 3.55. The number of carbonyl (C=O) groups excluding carboxylic acids is 2. The molecule has 2 aromatic rings. The molecule has 9 heteroatoms. The van der Waals surface area contributed by atoms with Crippen molar-refractivity contribution in [1.82, 2.24) is 9.47 Å². The smallest absolute Gasteiger partial charge is 0.355 e. The number of carbonyl (C=O) groups is 2. The molecule has 0 N–H and O–H groups in total. The summed E-state index contributed by atoms with van der Waals surface area (Å²) in [6, 6.07) is 4.21. The van der Waals surface area contributed by atoms with Crippen molar-refractivity contribution in [1.29, 1.82) is 0 Å². The molecule has 0 spiro atoms. The zero-order chi connectivity index (χ0) is 20.6. The van der Waals surface area contributed by atoms with Crippen molar-refractivity contribution < 1.29 is 23.5 Å². The van der Waals surface area contributed by atoms with E-state index in [1.807, 2.05) is 0 Å². The summed E-state index contributed by atoms with van der Waals surface area (Å²) < 4.78 is 24.5. The third kappa shape index (κ3) is 3.24. The number of hydrogen-bond donors (Lipinski definition) is 0. The molecule has 2 heterocycles. The molecule has 0 unspecified atom stereocenters. The molecule has 7 nitrogen and oxygen atoms in total. The highest BCUT2D eigenvalue weighted by Gasteiger charge is 2.35. The van der Waals surface area contributed by atoms with Crippen LogP contribution in [0.5, 0.6) is 5.75 Å². The Labute approximate surface area is 165 Å². The molecule has 28 heavy (non-hydrogen) atoms. The lowest BCUT2D eigenvalue weighted by Crippen LogP contribution is -2.41. The van der Waals surface area contributed by atoms with E-state index >= 15 is 0 Å². The maximum atomic E-state index is 13.4. The molecule has 3 rings (SSSR count). The lowest BCUT2D eigenvalue weighted by Gasteiger charge is -2.31. The van der Waals surface area contributed by atoms with Gasteiger partial charge in [0.1, 0.15) is 11.5 Å². The van der Waals surface area contributed by atoms with Crippen LogP contribution in [0.3, 0.4) is 0 Å². The summed E-state index contributed by atoms with van der Waals surface area (Å²) in [5.74, 6) is -1.84. The molecule has 1 amide bonds. The second kappa shape index (κ2) is 7.63. The van der Waals surface area contributed by atoms with Gasteiger partial charge in [0.15, 0.2) is 5.75 Å². The second-order valence-corrected chi connectivity index (χ2v) is 6.72. The number of esters is 1. The Bertz CT molecular complexity index is 1030. The predicted molar refractivity (Wildman–Crippen MR) is 99.4 cm³/mol. The van der Waals surface area contributed by atoms with Gasteiger partial charge in [-0.15, -0.1) is 0 Å². The highest BCUT2D eigenvalue weighted by molar-refractivity contribution is 6.30. The van der Waals surface area contributed by atoms with Crippen LogP contribution in [0.25, 0.3) is 0 Å². The number of aromatic nitrogens is 1. The molecular formula is C19H18ClFN2O5. The number of hydrogen-bond acceptors (Lipinski definition) is 5. The Morgan fingerprint density at radius 3 is 2.61 bits per heavy atom. The van der Waals surface area contributed by atoms with Crippen LogP contribution in [-0.2, 0) is 24.8 Å². The quantitative estimate of drug-likeness (QED) is 0.724. The van der Waals surface area contributed by atoms with E-state index in [4.69, 9.17) is 21.1 Å². The van der Waals surface area contributed by atoms with Gasteiger partial charge in [0.2, 0.25) is 0 Å². The van der Waals surface area contributed by atoms with Gasteiger partial charge in [0.05, 0.1) is 24.8 Å². The summed E-state index contributed by atoms with van der Waals surface area (Å²) >= 11 is 5.81. The zero-order valence-electron chi connectivity index (χ0n) is 15.5. The van der Waals surface area contributed by atoms with Gasteiger partial charge >= 0.3 is 5.97 Å². The third-order valence-corrected chi connectivity index (χ3v) is 5.01. The normalized spacial score (nSPS) is 13.3. The van der Waals surface area contributed by atoms with Crippen molar-refractivity contribution in [2.45, 2.75) is 13.0 Å². The Kier molecular flexibility index (Phi) is 5.42. The van der Waals surface area contributed by atoms with Crippen molar-refractivity contribution in [2.24, 2.45) is 7.05 Å². The molecule has 0 radical (unpaired) electrons. The molecule has 1 aliphatic heterocycles. The monoisotopic (exact) mass is 408 g/mol. The fraction of sp³-hybridized carbons (Fsp3) is 0.316. The van der Waals surface area contributed by atoms with Gasteiger partial charge in [0.25, 0.3) is 11.5 Å². The standard InChI is InChI=1S/C19H18ClFN2O5/c1-22-15(19(26)28-3)11-6-7-23(9-10-4-5-13(21)12(20)8-10)17(24)14(11)16(27-2)18(22)25/h4-5,8H,6-7,9H2,1-3H3. The van der Waals surface area contributed by atoms with Crippen molar-refractivity contribution >= 4 is 23.5 Å². The Morgan fingerprint density at radius 2 is 2.00 bits per heavy atom. The number of pyridine rings is 1. The minimum Gasteiger partial charge on any atom is -0.490 e. The average Bonchev–Trinajstić information content (AvgIpc) is 2.68. The van der Waals surface area contributed by atoms with Crippen LogP contribution in [0.2, 0.25) is 5.02 Å². The lowest BCUT2D eigenvalue weighted by molar-refractivity contribution is 0.0584. The zero-order valence-corrected chi connectivity index (χ0v) is 16.3. The van der Waals surface area contributed by atoms with E-state index in [0.29, 0.717) is 24.1 Å². The molecular weight excluding hydrogens is 391 g/mol. The van der Waals surface area contributed by atoms with E-state index in [1.54, 1.807) is 0 Å². The molecule has 0 bridgehead atoms. The molecule has 1 aromatic heterocycles. The summed E-state index contributed by atoms with van der Waals surface area (Å²) in [5.41, 5.74) is 0.511. The van der Waals surface area contributed by atoms with Crippen molar-refractivity contribution in [3.63, 3.8) is 0 Å². The van der Waals surface area contributed by atoms with Crippen molar-refractivity contribution in [3.8, 4) is 5.75 Å². The molecule has 0 saturated heterocycles. The summed E-state index contributed by atoms with van der Waals surface area (Å²) in [4.78, 5) is 39.4. The average molecular weight is 409 g/mol. The highest BCUT2D eigenvalue weighted by Crippen LogP contribution is 2.29. The number of fused-ring (bicyclic) bond motifs is 1. The number of halogens is 2. The van der Waals surface area contributed by atoms with Gasteiger partial charge in [-0.25, -0.2) is 9.18 Å². The number of methoxy groups -OCH3 is 2. The highest BCUT2D eigenvalue weighted by atomic mass is 35.5. The number of amides is 1. The minimum absolute atomic E-state index is 0.0288. The molecule has 0 atom stereocenters. The molecule has 0 saturated carbocycles. The van der Waals surface area contributed by atoms with E-state index < -0.39 is 23.3 Å². The van der Waals surface area contributed by atoms with Crippen LogP contribution in [0.4, 0.5) is 4.39 Å². The Hall–Kier alpha value is -2.87. The largest absolute Gasteiger partial charge is 0.490 e. The summed E-state index contributed by atoms with van der Waals surface area (Å²) in [7, 11) is 3.92. The molecule has 0 fully saturated rings. The summed E-state index contributed by atoms with van der Waals surface area (Å²) in [6.07, 6.45) is 0.324. The van der Waals surface area contributed by atoms with Gasteiger partial charge < -0.3 is 18.9 Å². The Balaban J connectivity index is 2.08. The SMILES string of the molecule is COC(=O)c1c2c(c(OC)c(=O)n1C)C(=O)N(Cc1ccc(F)c(Cl)c1)CC2. The predicted octanol–water partition coefficient (Wildman–Crippen LogP) is 2.17. The number of ether oxygens (including phenoxy) is 2. The second-order valence-electron chi connectivity index (χ2n) is 6.32. The third-order valence-electron chi connectivity index (χ3n) is 4.72. The van der Waals surface area contributed by atoms with Crippen molar-refractivity contribution in [2.75, 3.05) is 20.8 Å². The van der Waals surface area contributed by atoms with E-state index in [9.17, 15) is 18.8 Å². The van der Waals surface area contributed by atoms with E-state index in [1.165, 1.54) is 44.4 Å². The van der Waals surface area contributed by atoms with Gasteiger partial charge in [-0.05, 0) is 24.1 Å². The lowest BCUT2D eigenvalue weighted by atomic mass is 9.95. The van der Waals surface area contributed by atoms with Gasteiger partial charge in [-0.2, -0.15) is 0 Å². The summed E-state index contributed by atoms with van der Waals surface area (Å²) in [6.45, 7) is 0.469. The first-order valence-corrected chi connectivity index (χ1v) is 8.79. The Morgan fingerprint density at radius 1 is 1.29 bits per heavy atom. The fourth-order valence-electron chi connectivity index (χ4n) is 3.35. The van der Waals surface area contributed by atoms with Crippen LogP contribution in [0.1, 0.15) is 32.0 Å². The van der Waals surface area contributed by atoms with Gasteiger partial charge in [0, 0.05) is 25.7 Å². The van der Waals surface area contributed by atoms with Crippen LogP contribution in [-0.4, -0.2) is 42.1 Å². The van der Waals surface area contributed by atoms with Crippen LogP contribution >= 0.6 is 11.6 Å². The maximum absolute atomic E-state index is 13.4. The van der Waals surface area contributed by atoms with Crippen molar-refractivity contribution in [3.05, 3.63) is 61.8 Å². The molecule has 1 aliphatic rings. The van der Waals surface area contributed by atoms with E-state index in [-0.39, 0.29) is 28.6 Å². The maximum Gasteiger partial charge on any atom is 0.355 e. The van der Waals surface area contributed by atoms with Gasteiger partial charge in [-0.1, -0.05) is 17.7 Å². The first kappa shape index (κ1) is 19.9. The topological polar surface area (TPSA) is 77.8 Å². The van der Waals surface area contributed by atoms with E-state index in [2.05, 4.69) is 0 Å². The molecule has 148 valence electrons. The number of benzene rings is 1. The van der Waals surface area contributed by atoms with Crippen LogP contribution in [0, 0.1) is 5.82 Å². The van der Waals surface area contributed by atoms with E-state index in [0.717, 1.165) is 4.57 Å². The minimum atomic E-state index is -0.704. The summed E-state index contributed by atoms with van der Waals surface area (Å²) in [5, 5.41) is -0.0400. The molecule has 0 aliphatic carbocycles. The number of nitrogens with zero attached hydrogens (tertiary/aromatic N) is 2. The van der Waals surface area contributed by atoms with Crippen LogP contribution < -0.4 is 10.3 Å². The van der Waals surface area contributed by atoms with Crippen LogP contribution in [0.15, 0.2) is 23.0 Å². The molecule has 1 aromatic carbocycles.